The monoisotopic (exact) mass is 371 g/mol. The average Bonchev–Trinajstić information content (AvgIpc) is 2.98. The number of ether oxygens (including phenoxy) is 1. The number of rotatable bonds is 7. The summed E-state index contributed by atoms with van der Waals surface area (Å²) in [4.78, 5) is 29.3. The first-order valence-corrected chi connectivity index (χ1v) is 9.04. The number of carbonyl (C=O) groups excluding carboxylic acids is 2. The van der Waals surface area contributed by atoms with E-state index in [0.29, 0.717) is 31.9 Å². The predicted molar refractivity (Wildman–Crippen MR) is 98.9 cm³/mol. The fraction of sp³-hybridized carbons (Fsp3) is 0.450. The van der Waals surface area contributed by atoms with Crippen LogP contribution in [0.1, 0.15) is 22.6 Å². The fourth-order valence-electron chi connectivity index (χ4n) is 3.37. The molecule has 2 amide bonds. The van der Waals surface area contributed by atoms with Crippen LogP contribution in [0.2, 0.25) is 0 Å². The minimum absolute atomic E-state index is 0.0535. The van der Waals surface area contributed by atoms with Gasteiger partial charge in [0.05, 0.1) is 25.4 Å². The molecule has 27 heavy (non-hydrogen) atoms. The number of hydrogen-bond donors (Lipinski definition) is 0. The Labute approximate surface area is 158 Å². The van der Waals surface area contributed by atoms with Gasteiger partial charge in [0, 0.05) is 25.6 Å². The summed E-state index contributed by atoms with van der Waals surface area (Å²) in [5.74, 6) is 0.543. The molecule has 1 atom stereocenters. The summed E-state index contributed by atoms with van der Waals surface area (Å²) in [5.41, 5.74) is 2.62. The maximum atomic E-state index is 13.1. The number of hydrogen-bond acceptors (Lipinski definition) is 5. The third kappa shape index (κ3) is 4.19. The minimum Gasteiger partial charge on any atom is -0.383 e. The van der Waals surface area contributed by atoms with Gasteiger partial charge in [-0.2, -0.15) is 0 Å². The van der Waals surface area contributed by atoms with Crippen molar-refractivity contribution in [3.63, 3.8) is 0 Å². The normalized spacial score (nSPS) is 17.7. The summed E-state index contributed by atoms with van der Waals surface area (Å²) in [6.45, 7) is 4.87. The molecule has 2 heterocycles. The summed E-state index contributed by atoms with van der Waals surface area (Å²) in [7, 11) is 1.58. The van der Waals surface area contributed by atoms with Gasteiger partial charge in [-0.05, 0) is 19.4 Å². The smallest absolute Gasteiger partial charge is 0.246 e. The van der Waals surface area contributed by atoms with E-state index in [9.17, 15) is 9.59 Å². The molecule has 0 spiro atoms. The average molecular weight is 371 g/mol. The molecule has 0 bridgehead atoms. The molecular weight excluding hydrogens is 346 g/mol. The lowest BCUT2D eigenvalue weighted by atomic mass is 9.99. The van der Waals surface area contributed by atoms with Gasteiger partial charge in [0.1, 0.15) is 11.8 Å². The summed E-state index contributed by atoms with van der Waals surface area (Å²) >= 11 is 0. The molecule has 1 aromatic carbocycles. The van der Waals surface area contributed by atoms with E-state index in [2.05, 4.69) is 5.16 Å². The first-order chi connectivity index (χ1) is 13.0. The Hall–Kier alpha value is -2.67. The third-order valence-electron chi connectivity index (χ3n) is 4.97. The van der Waals surface area contributed by atoms with E-state index >= 15 is 0 Å². The van der Waals surface area contributed by atoms with Crippen molar-refractivity contribution < 1.29 is 18.8 Å². The van der Waals surface area contributed by atoms with Crippen molar-refractivity contribution in [3.05, 3.63) is 52.9 Å². The highest BCUT2D eigenvalue weighted by molar-refractivity contribution is 5.95. The molecule has 144 valence electrons. The Morgan fingerprint density at radius 1 is 1.22 bits per heavy atom. The van der Waals surface area contributed by atoms with E-state index in [4.69, 9.17) is 9.26 Å². The molecule has 0 saturated carbocycles. The maximum absolute atomic E-state index is 13.1. The van der Waals surface area contributed by atoms with Gasteiger partial charge < -0.3 is 19.1 Å². The largest absolute Gasteiger partial charge is 0.383 e. The SMILES string of the molecule is COCCN1CC(=O)N(Cc2c(C)noc2C)[C@H](Cc2ccccc2)C1=O. The van der Waals surface area contributed by atoms with Gasteiger partial charge in [-0.15, -0.1) is 0 Å². The molecule has 0 N–H and O–H groups in total. The van der Waals surface area contributed by atoms with Crippen LogP contribution in [-0.4, -0.2) is 59.6 Å². The van der Waals surface area contributed by atoms with Crippen molar-refractivity contribution in [3.8, 4) is 0 Å². The van der Waals surface area contributed by atoms with Gasteiger partial charge in [-0.3, -0.25) is 9.59 Å². The second-order valence-electron chi connectivity index (χ2n) is 6.78. The number of amides is 2. The van der Waals surface area contributed by atoms with Crippen molar-refractivity contribution in [1.29, 1.82) is 0 Å². The second-order valence-corrected chi connectivity index (χ2v) is 6.78. The van der Waals surface area contributed by atoms with Crippen LogP contribution in [-0.2, 0) is 27.3 Å². The first-order valence-electron chi connectivity index (χ1n) is 9.04. The van der Waals surface area contributed by atoms with Gasteiger partial charge in [0.2, 0.25) is 11.8 Å². The van der Waals surface area contributed by atoms with Crippen molar-refractivity contribution >= 4 is 11.8 Å². The predicted octanol–water partition coefficient (Wildman–Crippen LogP) is 1.72. The molecule has 2 aromatic rings. The Morgan fingerprint density at radius 2 is 1.96 bits per heavy atom. The van der Waals surface area contributed by atoms with Crippen molar-refractivity contribution in [1.82, 2.24) is 15.0 Å². The van der Waals surface area contributed by atoms with Crippen molar-refractivity contribution in [2.75, 3.05) is 26.8 Å². The quantitative estimate of drug-likeness (QED) is 0.741. The van der Waals surface area contributed by atoms with Gasteiger partial charge >= 0.3 is 0 Å². The van der Waals surface area contributed by atoms with E-state index in [1.165, 1.54) is 0 Å². The summed E-state index contributed by atoms with van der Waals surface area (Å²) < 4.78 is 10.3. The second kappa shape index (κ2) is 8.35. The molecule has 1 saturated heterocycles. The standard InChI is InChI=1S/C20H25N3O4/c1-14-17(15(2)27-21-14)12-23-18(11-16-7-5-4-6-8-16)20(25)22(9-10-26-3)13-19(23)24/h4-8,18H,9-13H2,1-3H3/t18-/m1/s1. The third-order valence-corrected chi connectivity index (χ3v) is 4.97. The molecule has 7 nitrogen and oxygen atoms in total. The first kappa shape index (κ1) is 19.1. The van der Waals surface area contributed by atoms with Crippen LogP contribution in [0.15, 0.2) is 34.9 Å². The van der Waals surface area contributed by atoms with E-state index < -0.39 is 6.04 Å². The zero-order valence-electron chi connectivity index (χ0n) is 16.0. The summed E-state index contributed by atoms with van der Waals surface area (Å²) in [6, 6.07) is 9.20. The van der Waals surface area contributed by atoms with E-state index in [1.54, 1.807) is 16.9 Å². The molecule has 0 radical (unpaired) electrons. The topological polar surface area (TPSA) is 75.9 Å². The zero-order chi connectivity index (χ0) is 19.4. The zero-order valence-corrected chi connectivity index (χ0v) is 16.0. The number of piperazine rings is 1. The molecule has 0 aliphatic carbocycles. The van der Waals surface area contributed by atoms with Crippen molar-refractivity contribution in [2.45, 2.75) is 32.9 Å². The lowest BCUT2D eigenvalue weighted by Crippen LogP contribution is -2.60. The molecule has 3 rings (SSSR count). The van der Waals surface area contributed by atoms with Crippen LogP contribution in [0.3, 0.4) is 0 Å². The number of carbonyl (C=O) groups is 2. The molecular formula is C20H25N3O4. The molecule has 1 fully saturated rings. The van der Waals surface area contributed by atoms with Gasteiger partial charge in [0.25, 0.3) is 0 Å². The van der Waals surface area contributed by atoms with Crippen molar-refractivity contribution in [2.24, 2.45) is 0 Å². The Balaban J connectivity index is 1.88. The number of aromatic nitrogens is 1. The lowest BCUT2D eigenvalue weighted by Gasteiger charge is -2.40. The van der Waals surface area contributed by atoms with Crippen LogP contribution < -0.4 is 0 Å². The summed E-state index contributed by atoms with van der Waals surface area (Å²) in [5, 5.41) is 3.97. The van der Waals surface area contributed by atoms with E-state index in [0.717, 1.165) is 16.8 Å². The highest BCUT2D eigenvalue weighted by Crippen LogP contribution is 2.23. The van der Waals surface area contributed by atoms with E-state index in [1.807, 2.05) is 44.2 Å². The molecule has 7 heteroatoms. The fourth-order valence-corrected chi connectivity index (χ4v) is 3.37. The number of aryl methyl sites for hydroxylation is 2. The van der Waals surface area contributed by atoms with Crippen LogP contribution >= 0.6 is 0 Å². The Kier molecular flexibility index (Phi) is 5.91. The van der Waals surface area contributed by atoms with Crippen LogP contribution in [0, 0.1) is 13.8 Å². The molecule has 1 aliphatic heterocycles. The Bertz CT molecular complexity index is 783. The molecule has 0 unspecified atom stereocenters. The maximum Gasteiger partial charge on any atom is 0.246 e. The van der Waals surface area contributed by atoms with Crippen LogP contribution in [0.25, 0.3) is 0 Å². The Morgan fingerprint density at radius 3 is 2.59 bits per heavy atom. The number of methoxy groups -OCH3 is 1. The molecule has 1 aliphatic rings. The summed E-state index contributed by atoms with van der Waals surface area (Å²) in [6.07, 6.45) is 0.471. The number of nitrogens with zero attached hydrogens (tertiary/aromatic N) is 3. The number of benzene rings is 1. The highest BCUT2D eigenvalue weighted by atomic mass is 16.5. The van der Waals surface area contributed by atoms with Gasteiger partial charge in [-0.25, -0.2) is 0 Å². The van der Waals surface area contributed by atoms with E-state index in [-0.39, 0.29) is 18.4 Å². The van der Waals surface area contributed by atoms with Crippen LogP contribution in [0.5, 0.6) is 0 Å². The van der Waals surface area contributed by atoms with Crippen LogP contribution in [0.4, 0.5) is 0 Å². The minimum atomic E-state index is -0.556. The van der Waals surface area contributed by atoms with Gasteiger partial charge in [-0.1, -0.05) is 35.5 Å². The highest BCUT2D eigenvalue weighted by Gasteiger charge is 2.39. The van der Waals surface area contributed by atoms with Gasteiger partial charge in [0.15, 0.2) is 0 Å². The lowest BCUT2D eigenvalue weighted by molar-refractivity contribution is -0.157. The molecule has 1 aromatic heterocycles.